The van der Waals surface area contributed by atoms with Crippen LogP contribution in [0.3, 0.4) is 0 Å². The standard InChI is InChI=1S/C13H27NO2/c1-6-7-8-16-11-9-12(2,3)14(15)13(4,5)10-11/h11,15H,6-10H2,1-5H3. The third-order valence-corrected chi connectivity index (χ3v) is 3.45. The van der Waals surface area contributed by atoms with E-state index in [1.165, 1.54) is 11.5 Å². The van der Waals surface area contributed by atoms with E-state index >= 15 is 0 Å². The van der Waals surface area contributed by atoms with Gasteiger partial charge in [0.2, 0.25) is 0 Å². The van der Waals surface area contributed by atoms with E-state index in [-0.39, 0.29) is 17.2 Å². The molecule has 0 saturated carbocycles. The first-order valence-electron chi connectivity index (χ1n) is 6.40. The highest BCUT2D eigenvalue weighted by Gasteiger charge is 2.45. The number of hydroxylamine groups is 2. The van der Waals surface area contributed by atoms with Gasteiger partial charge in [-0.05, 0) is 47.0 Å². The molecule has 0 amide bonds. The van der Waals surface area contributed by atoms with Crippen molar-refractivity contribution in [1.82, 2.24) is 5.06 Å². The number of unbranched alkanes of at least 4 members (excludes halogenated alkanes) is 1. The van der Waals surface area contributed by atoms with E-state index in [2.05, 4.69) is 34.6 Å². The largest absolute Gasteiger partial charge is 0.378 e. The molecule has 0 aromatic rings. The van der Waals surface area contributed by atoms with E-state index in [1.54, 1.807) is 0 Å². The Kier molecular flexibility index (Phi) is 4.38. The lowest BCUT2D eigenvalue weighted by molar-refractivity contribution is -0.261. The summed E-state index contributed by atoms with van der Waals surface area (Å²) in [5, 5.41) is 11.6. The maximum absolute atomic E-state index is 10.1. The van der Waals surface area contributed by atoms with Crippen LogP contribution in [-0.2, 0) is 4.74 Å². The van der Waals surface area contributed by atoms with Gasteiger partial charge in [0, 0.05) is 17.7 Å². The molecular formula is C13H27NO2. The van der Waals surface area contributed by atoms with Crippen LogP contribution in [0.1, 0.15) is 60.3 Å². The van der Waals surface area contributed by atoms with Crippen molar-refractivity contribution in [3.8, 4) is 0 Å². The molecule has 1 aliphatic heterocycles. The van der Waals surface area contributed by atoms with Crippen molar-refractivity contribution in [3.05, 3.63) is 0 Å². The summed E-state index contributed by atoms with van der Waals surface area (Å²) in [6, 6.07) is 0. The molecule has 0 aliphatic carbocycles. The Balaban J connectivity index is 2.57. The van der Waals surface area contributed by atoms with Gasteiger partial charge >= 0.3 is 0 Å². The van der Waals surface area contributed by atoms with Crippen LogP contribution in [0, 0.1) is 0 Å². The average molecular weight is 229 g/mol. The van der Waals surface area contributed by atoms with Crippen LogP contribution < -0.4 is 0 Å². The van der Waals surface area contributed by atoms with Gasteiger partial charge in [0.05, 0.1) is 6.10 Å². The molecule has 1 rings (SSSR count). The van der Waals surface area contributed by atoms with Gasteiger partial charge in [0.25, 0.3) is 0 Å². The number of nitrogens with zero attached hydrogens (tertiary/aromatic N) is 1. The first kappa shape index (κ1) is 13.9. The summed E-state index contributed by atoms with van der Waals surface area (Å²) in [5.74, 6) is 0. The fraction of sp³-hybridized carbons (Fsp3) is 1.00. The molecule has 0 bridgehead atoms. The van der Waals surface area contributed by atoms with E-state index in [0.29, 0.717) is 0 Å². The summed E-state index contributed by atoms with van der Waals surface area (Å²) in [7, 11) is 0. The molecule has 1 aliphatic rings. The second-order valence-electron chi connectivity index (χ2n) is 6.19. The monoisotopic (exact) mass is 229 g/mol. The zero-order chi connectivity index (χ0) is 12.4. The van der Waals surface area contributed by atoms with E-state index in [1.807, 2.05) is 0 Å². The van der Waals surface area contributed by atoms with Gasteiger partial charge in [-0.3, -0.25) is 0 Å². The highest BCUT2D eigenvalue weighted by atomic mass is 16.5. The van der Waals surface area contributed by atoms with Crippen molar-refractivity contribution in [3.63, 3.8) is 0 Å². The molecule has 0 atom stereocenters. The normalized spacial score (nSPS) is 25.9. The summed E-state index contributed by atoms with van der Waals surface area (Å²) in [6.07, 6.45) is 4.37. The number of hydrogen-bond donors (Lipinski definition) is 1. The maximum Gasteiger partial charge on any atom is 0.0611 e. The minimum atomic E-state index is -0.196. The maximum atomic E-state index is 10.1. The highest BCUT2D eigenvalue weighted by molar-refractivity contribution is 4.96. The van der Waals surface area contributed by atoms with Crippen LogP contribution in [0.4, 0.5) is 0 Å². The lowest BCUT2D eigenvalue weighted by atomic mass is 9.80. The van der Waals surface area contributed by atoms with Gasteiger partial charge in [-0.15, -0.1) is 0 Å². The molecule has 1 saturated heterocycles. The van der Waals surface area contributed by atoms with Crippen molar-refractivity contribution < 1.29 is 9.94 Å². The minimum absolute atomic E-state index is 0.196. The molecule has 1 fully saturated rings. The number of ether oxygens (including phenoxy) is 1. The van der Waals surface area contributed by atoms with Crippen molar-refractivity contribution in [2.45, 2.75) is 77.5 Å². The van der Waals surface area contributed by atoms with Crippen LogP contribution in [0.5, 0.6) is 0 Å². The van der Waals surface area contributed by atoms with Crippen LogP contribution in [0.25, 0.3) is 0 Å². The molecule has 0 aromatic carbocycles. The predicted octanol–water partition coefficient (Wildman–Crippen LogP) is 3.21. The summed E-state index contributed by atoms with van der Waals surface area (Å²) < 4.78 is 5.91. The summed E-state index contributed by atoms with van der Waals surface area (Å²) >= 11 is 0. The molecule has 0 aromatic heterocycles. The quantitative estimate of drug-likeness (QED) is 0.751. The molecule has 0 unspecified atom stereocenters. The lowest BCUT2D eigenvalue weighted by Crippen LogP contribution is -2.60. The van der Waals surface area contributed by atoms with Gasteiger partial charge in [0.15, 0.2) is 0 Å². The minimum Gasteiger partial charge on any atom is -0.378 e. The Bertz CT molecular complexity index is 208. The van der Waals surface area contributed by atoms with E-state index < -0.39 is 0 Å². The average Bonchev–Trinajstić information content (AvgIpc) is 2.14. The fourth-order valence-electron chi connectivity index (χ4n) is 2.69. The Morgan fingerprint density at radius 2 is 1.69 bits per heavy atom. The Hall–Kier alpha value is -0.120. The summed E-state index contributed by atoms with van der Waals surface area (Å²) in [5.41, 5.74) is -0.392. The molecular weight excluding hydrogens is 202 g/mol. The lowest BCUT2D eigenvalue weighted by Gasteiger charge is -2.51. The second-order valence-corrected chi connectivity index (χ2v) is 6.19. The van der Waals surface area contributed by atoms with E-state index in [9.17, 15) is 5.21 Å². The van der Waals surface area contributed by atoms with E-state index in [4.69, 9.17) is 4.74 Å². The van der Waals surface area contributed by atoms with Gasteiger partial charge < -0.3 is 9.94 Å². The van der Waals surface area contributed by atoms with Gasteiger partial charge in [-0.1, -0.05) is 13.3 Å². The van der Waals surface area contributed by atoms with Crippen molar-refractivity contribution in [1.29, 1.82) is 0 Å². The van der Waals surface area contributed by atoms with Crippen molar-refractivity contribution in [2.75, 3.05) is 6.61 Å². The first-order chi connectivity index (χ1) is 7.29. The summed E-state index contributed by atoms with van der Waals surface area (Å²) in [6.45, 7) is 11.3. The summed E-state index contributed by atoms with van der Waals surface area (Å²) in [4.78, 5) is 0. The Labute approximate surface area is 99.7 Å². The second kappa shape index (κ2) is 5.03. The Morgan fingerprint density at radius 1 is 1.19 bits per heavy atom. The topological polar surface area (TPSA) is 32.7 Å². The number of hydrogen-bond acceptors (Lipinski definition) is 3. The number of rotatable bonds is 4. The van der Waals surface area contributed by atoms with Crippen molar-refractivity contribution in [2.24, 2.45) is 0 Å². The van der Waals surface area contributed by atoms with Gasteiger partial charge in [-0.25, -0.2) is 0 Å². The van der Waals surface area contributed by atoms with Crippen LogP contribution in [0.2, 0.25) is 0 Å². The zero-order valence-corrected chi connectivity index (χ0v) is 11.4. The fourth-order valence-corrected chi connectivity index (χ4v) is 2.69. The molecule has 3 nitrogen and oxygen atoms in total. The highest BCUT2D eigenvalue weighted by Crippen LogP contribution is 2.37. The Morgan fingerprint density at radius 3 is 2.12 bits per heavy atom. The molecule has 16 heavy (non-hydrogen) atoms. The predicted molar refractivity (Wildman–Crippen MR) is 65.7 cm³/mol. The third-order valence-electron chi connectivity index (χ3n) is 3.45. The van der Waals surface area contributed by atoms with Gasteiger partial charge in [0.1, 0.15) is 0 Å². The SMILES string of the molecule is CCCCOC1CC(C)(C)N(O)C(C)(C)C1. The van der Waals surface area contributed by atoms with Crippen LogP contribution in [0.15, 0.2) is 0 Å². The molecule has 0 spiro atoms. The van der Waals surface area contributed by atoms with Crippen LogP contribution >= 0.6 is 0 Å². The molecule has 1 heterocycles. The molecule has 96 valence electrons. The van der Waals surface area contributed by atoms with Crippen LogP contribution in [-0.4, -0.2) is 34.1 Å². The zero-order valence-electron chi connectivity index (χ0n) is 11.4. The van der Waals surface area contributed by atoms with Crippen molar-refractivity contribution >= 4 is 0 Å². The molecule has 0 radical (unpaired) electrons. The first-order valence-corrected chi connectivity index (χ1v) is 6.40. The van der Waals surface area contributed by atoms with E-state index in [0.717, 1.165) is 25.9 Å². The smallest absolute Gasteiger partial charge is 0.0611 e. The van der Waals surface area contributed by atoms with Gasteiger partial charge in [-0.2, -0.15) is 5.06 Å². The third kappa shape index (κ3) is 3.19. The molecule has 1 N–H and O–H groups in total. The molecule has 3 heteroatoms. The number of piperidine rings is 1.